The van der Waals surface area contributed by atoms with Gasteiger partial charge in [-0.3, -0.25) is 0 Å². The Kier molecular flexibility index (Phi) is 5.87. The Hall–Kier alpha value is 0.1000. The first-order valence-corrected chi connectivity index (χ1v) is 8.93. The van der Waals surface area contributed by atoms with Crippen LogP contribution in [0.1, 0.15) is 37.5 Å². The quantitative estimate of drug-likeness (QED) is 0.835. The fourth-order valence-electron chi connectivity index (χ4n) is 3.31. The largest absolute Gasteiger partial charge is 0.317 e. The lowest BCUT2D eigenvalue weighted by atomic mass is 9.75. The van der Waals surface area contributed by atoms with Crippen molar-refractivity contribution < 1.29 is 0 Å². The van der Waals surface area contributed by atoms with Crippen LogP contribution in [-0.4, -0.2) is 31.6 Å². The molecule has 0 aliphatic carbocycles. The number of hydrogen-bond donors (Lipinski definition) is 1. The fourth-order valence-corrected chi connectivity index (χ4v) is 4.84. The lowest BCUT2D eigenvalue weighted by Crippen LogP contribution is -2.43. The molecular formula is C15H25BrN2S. The van der Waals surface area contributed by atoms with Crippen LogP contribution >= 0.6 is 27.3 Å². The molecule has 1 aromatic rings. The molecule has 0 saturated carbocycles. The molecule has 1 N–H and O–H groups in total. The molecule has 0 bridgehead atoms. The summed E-state index contributed by atoms with van der Waals surface area (Å²) in [7, 11) is 2.27. The number of thiophene rings is 1. The van der Waals surface area contributed by atoms with Gasteiger partial charge in [-0.25, -0.2) is 0 Å². The van der Waals surface area contributed by atoms with Crippen LogP contribution in [0, 0.1) is 5.41 Å². The standard InChI is InChI=1S/C15H25BrN2S/c1-3-4-15(5-7-17-8-6-15)12-18(2)10-14-9-13(16)11-19-14/h9,11,17H,3-8,10,12H2,1-2H3. The molecule has 2 rings (SSSR count). The second kappa shape index (κ2) is 7.21. The summed E-state index contributed by atoms with van der Waals surface area (Å²) >= 11 is 5.39. The van der Waals surface area contributed by atoms with Crippen molar-refractivity contribution in [2.24, 2.45) is 5.41 Å². The highest BCUT2D eigenvalue weighted by Gasteiger charge is 2.32. The molecule has 0 spiro atoms. The van der Waals surface area contributed by atoms with Gasteiger partial charge in [0.2, 0.25) is 0 Å². The number of halogens is 1. The molecule has 0 atom stereocenters. The summed E-state index contributed by atoms with van der Waals surface area (Å²) in [6.07, 6.45) is 5.34. The van der Waals surface area contributed by atoms with Crippen LogP contribution < -0.4 is 5.32 Å². The highest BCUT2D eigenvalue weighted by atomic mass is 79.9. The zero-order valence-electron chi connectivity index (χ0n) is 12.0. The normalized spacial score (nSPS) is 18.9. The molecule has 0 unspecified atom stereocenters. The van der Waals surface area contributed by atoms with Gasteiger partial charge in [0, 0.05) is 27.8 Å². The second-order valence-electron chi connectivity index (χ2n) is 5.90. The van der Waals surface area contributed by atoms with Crippen molar-refractivity contribution in [2.45, 2.75) is 39.2 Å². The van der Waals surface area contributed by atoms with Crippen molar-refractivity contribution in [1.82, 2.24) is 10.2 Å². The van der Waals surface area contributed by atoms with Crippen molar-refractivity contribution in [3.8, 4) is 0 Å². The van der Waals surface area contributed by atoms with Gasteiger partial charge in [-0.05, 0) is 66.8 Å². The van der Waals surface area contributed by atoms with Gasteiger partial charge in [-0.2, -0.15) is 0 Å². The highest BCUT2D eigenvalue weighted by molar-refractivity contribution is 9.10. The molecule has 4 heteroatoms. The Balaban J connectivity index is 1.92. The van der Waals surface area contributed by atoms with E-state index in [9.17, 15) is 0 Å². The number of nitrogens with one attached hydrogen (secondary N) is 1. The van der Waals surface area contributed by atoms with Crippen LogP contribution in [-0.2, 0) is 6.54 Å². The Morgan fingerprint density at radius 3 is 2.74 bits per heavy atom. The van der Waals surface area contributed by atoms with E-state index in [4.69, 9.17) is 0 Å². The van der Waals surface area contributed by atoms with Gasteiger partial charge >= 0.3 is 0 Å². The maximum Gasteiger partial charge on any atom is 0.0325 e. The van der Waals surface area contributed by atoms with Crippen molar-refractivity contribution >= 4 is 27.3 Å². The monoisotopic (exact) mass is 344 g/mol. The molecule has 1 aliphatic heterocycles. The molecule has 19 heavy (non-hydrogen) atoms. The van der Waals surface area contributed by atoms with Gasteiger partial charge in [-0.15, -0.1) is 11.3 Å². The summed E-state index contributed by atoms with van der Waals surface area (Å²) in [5, 5.41) is 5.68. The topological polar surface area (TPSA) is 15.3 Å². The smallest absolute Gasteiger partial charge is 0.0325 e. The van der Waals surface area contributed by atoms with Gasteiger partial charge in [0.15, 0.2) is 0 Å². The van der Waals surface area contributed by atoms with Crippen LogP contribution in [0.2, 0.25) is 0 Å². The molecule has 0 radical (unpaired) electrons. The molecule has 2 heterocycles. The zero-order chi connectivity index (χ0) is 13.7. The van der Waals surface area contributed by atoms with E-state index in [2.05, 4.69) is 51.6 Å². The molecule has 0 aromatic carbocycles. The lowest BCUT2D eigenvalue weighted by Gasteiger charge is -2.40. The molecule has 2 nitrogen and oxygen atoms in total. The first kappa shape index (κ1) is 15.5. The third-order valence-corrected chi connectivity index (χ3v) is 5.78. The zero-order valence-corrected chi connectivity index (χ0v) is 14.4. The van der Waals surface area contributed by atoms with Gasteiger partial charge in [0.25, 0.3) is 0 Å². The van der Waals surface area contributed by atoms with E-state index < -0.39 is 0 Å². The van der Waals surface area contributed by atoms with Crippen LogP contribution in [0.4, 0.5) is 0 Å². The summed E-state index contributed by atoms with van der Waals surface area (Å²) < 4.78 is 1.21. The van der Waals surface area contributed by atoms with E-state index >= 15 is 0 Å². The maximum absolute atomic E-state index is 3.54. The molecular weight excluding hydrogens is 320 g/mol. The SMILES string of the molecule is CCCC1(CN(C)Cc2cc(Br)cs2)CCNCC1. The maximum atomic E-state index is 3.54. The molecule has 1 aromatic heterocycles. The molecule has 0 amide bonds. The van der Waals surface area contributed by atoms with Crippen LogP contribution in [0.15, 0.2) is 15.9 Å². The van der Waals surface area contributed by atoms with E-state index in [1.807, 2.05) is 11.3 Å². The van der Waals surface area contributed by atoms with E-state index in [0.717, 1.165) is 6.54 Å². The minimum Gasteiger partial charge on any atom is -0.317 e. The summed E-state index contributed by atoms with van der Waals surface area (Å²) in [5.74, 6) is 0. The number of rotatable bonds is 6. The van der Waals surface area contributed by atoms with Crippen molar-refractivity contribution in [3.63, 3.8) is 0 Å². The van der Waals surface area contributed by atoms with E-state index in [1.54, 1.807) is 0 Å². The van der Waals surface area contributed by atoms with Gasteiger partial charge < -0.3 is 10.2 Å². The Morgan fingerprint density at radius 2 is 2.16 bits per heavy atom. The number of nitrogens with zero attached hydrogens (tertiary/aromatic N) is 1. The van der Waals surface area contributed by atoms with Crippen molar-refractivity contribution in [2.75, 3.05) is 26.7 Å². The van der Waals surface area contributed by atoms with Crippen LogP contribution in [0.5, 0.6) is 0 Å². The van der Waals surface area contributed by atoms with Gasteiger partial charge in [-0.1, -0.05) is 13.3 Å². The summed E-state index contributed by atoms with van der Waals surface area (Å²) in [5.41, 5.74) is 0.545. The van der Waals surface area contributed by atoms with Gasteiger partial charge in [0.05, 0.1) is 0 Å². The lowest BCUT2D eigenvalue weighted by molar-refractivity contribution is 0.113. The Morgan fingerprint density at radius 1 is 1.42 bits per heavy atom. The minimum atomic E-state index is 0.545. The number of piperidine rings is 1. The number of hydrogen-bond acceptors (Lipinski definition) is 3. The Labute approximate surface area is 129 Å². The molecule has 1 fully saturated rings. The van der Waals surface area contributed by atoms with E-state index in [1.165, 1.54) is 54.7 Å². The Bertz CT molecular complexity index is 380. The average molecular weight is 345 g/mol. The van der Waals surface area contributed by atoms with Crippen molar-refractivity contribution in [1.29, 1.82) is 0 Å². The molecule has 1 aliphatic rings. The first-order valence-electron chi connectivity index (χ1n) is 7.26. The van der Waals surface area contributed by atoms with E-state index in [0.29, 0.717) is 5.41 Å². The predicted molar refractivity (Wildman–Crippen MR) is 87.8 cm³/mol. The van der Waals surface area contributed by atoms with Crippen LogP contribution in [0.25, 0.3) is 0 Å². The third-order valence-electron chi connectivity index (χ3n) is 4.10. The molecule has 108 valence electrons. The highest BCUT2D eigenvalue weighted by Crippen LogP contribution is 2.35. The first-order chi connectivity index (χ1) is 9.13. The van der Waals surface area contributed by atoms with Crippen LogP contribution in [0.3, 0.4) is 0 Å². The summed E-state index contributed by atoms with van der Waals surface area (Å²) in [6, 6.07) is 2.25. The fraction of sp³-hybridized carbons (Fsp3) is 0.733. The van der Waals surface area contributed by atoms with Crippen molar-refractivity contribution in [3.05, 3.63) is 20.8 Å². The summed E-state index contributed by atoms with van der Waals surface area (Å²) in [6.45, 7) is 7.02. The predicted octanol–water partition coefficient (Wildman–Crippen LogP) is 4.11. The third kappa shape index (κ3) is 4.55. The van der Waals surface area contributed by atoms with Gasteiger partial charge in [0.1, 0.15) is 0 Å². The van der Waals surface area contributed by atoms with E-state index in [-0.39, 0.29) is 0 Å². The average Bonchev–Trinajstić information content (AvgIpc) is 2.75. The summed E-state index contributed by atoms with van der Waals surface area (Å²) in [4.78, 5) is 3.97. The molecule has 1 saturated heterocycles. The second-order valence-corrected chi connectivity index (χ2v) is 7.81. The minimum absolute atomic E-state index is 0.545.